The summed E-state index contributed by atoms with van der Waals surface area (Å²) in [7, 11) is 0. The van der Waals surface area contributed by atoms with E-state index in [1.165, 1.54) is 0 Å². The van der Waals surface area contributed by atoms with Crippen molar-refractivity contribution >= 4 is 6.03 Å². The van der Waals surface area contributed by atoms with Gasteiger partial charge in [0.15, 0.2) is 0 Å². The monoisotopic (exact) mass is 304 g/mol. The molecular formula is C17H24N2O3. The Morgan fingerprint density at radius 1 is 1.50 bits per heavy atom. The minimum Gasteiger partial charge on any atom is -0.493 e. The van der Waals surface area contributed by atoms with Crippen molar-refractivity contribution in [3.05, 3.63) is 41.5 Å². The van der Waals surface area contributed by atoms with Gasteiger partial charge in [-0.05, 0) is 19.4 Å². The average Bonchev–Trinajstić information content (AvgIpc) is 2.48. The number of hydrogen-bond acceptors (Lipinski definition) is 3. The molecule has 22 heavy (non-hydrogen) atoms. The molecule has 0 saturated heterocycles. The van der Waals surface area contributed by atoms with Crippen molar-refractivity contribution in [2.75, 3.05) is 26.4 Å². The fourth-order valence-electron chi connectivity index (χ4n) is 2.42. The molecule has 2 rings (SSSR count). The number of ether oxygens (including phenoxy) is 2. The fourth-order valence-corrected chi connectivity index (χ4v) is 2.42. The van der Waals surface area contributed by atoms with Crippen molar-refractivity contribution in [2.45, 2.75) is 26.3 Å². The van der Waals surface area contributed by atoms with Crippen LogP contribution in [0.1, 0.15) is 30.5 Å². The predicted molar refractivity (Wildman–Crippen MR) is 86.2 cm³/mol. The quantitative estimate of drug-likeness (QED) is 0.627. The van der Waals surface area contributed by atoms with Crippen LogP contribution in [0, 0.1) is 6.92 Å². The first-order valence-electron chi connectivity index (χ1n) is 7.56. The molecule has 1 aromatic rings. The van der Waals surface area contributed by atoms with Crippen molar-refractivity contribution < 1.29 is 14.3 Å². The normalized spacial score (nSPS) is 16.4. The van der Waals surface area contributed by atoms with Crippen LogP contribution in [0.2, 0.25) is 0 Å². The Kier molecular flexibility index (Phi) is 5.83. The van der Waals surface area contributed by atoms with Gasteiger partial charge in [-0.3, -0.25) is 0 Å². The largest absolute Gasteiger partial charge is 0.493 e. The van der Waals surface area contributed by atoms with Gasteiger partial charge in [-0.1, -0.05) is 30.4 Å². The lowest BCUT2D eigenvalue weighted by atomic mass is 9.98. The Bertz CT molecular complexity index is 543. The highest BCUT2D eigenvalue weighted by molar-refractivity contribution is 5.74. The van der Waals surface area contributed by atoms with Crippen LogP contribution in [0.5, 0.6) is 5.75 Å². The first kappa shape index (κ1) is 16.4. The molecule has 1 heterocycles. The van der Waals surface area contributed by atoms with Crippen LogP contribution in [0.25, 0.3) is 0 Å². The van der Waals surface area contributed by atoms with Crippen molar-refractivity contribution in [2.24, 2.45) is 0 Å². The highest BCUT2D eigenvalue weighted by Gasteiger charge is 2.23. The third-order valence-corrected chi connectivity index (χ3v) is 3.46. The lowest BCUT2D eigenvalue weighted by Crippen LogP contribution is -2.41. The summed E-state index contributed by atoms with van der Waals surface area (Å²) in [6, 6.07) is 5.81. The molecule has 1 aliphatic rings. The van der Waals surface area contributed by atoms with Gasteiger partial charge in [0.05, 0.1) is 25.9 Å². The molecule has 0 spiro atoms. The molecule has 2 N–H and O–H groups in total. The van der Waals surface area contributed by atoms with Crippen LogP contribution in [-0.2, 0) is 4.74 Å². The zero-order valence-corrected chi connectivity index (χ0v) is 13.3. The third-order valence-electron chi connectivity index (χ3n) is 3.46. The molecule has 0 saturated carbocycles. The summed E-state index contributed by atoms with van der Waals surface area (Å²) in [6.45, 7) is 9.77. The van der Waals surface area contributed by atoms with E-state index in [2.05, 4.69) is 17.2 Å². The zero-order chi connectivity index (χ0) is 15.9. The number of fused-ring (bicyclic) bond motifs is 1. The number of carbonyl (C=O) groups excluding carboxylic acids is 1. The summed E-state index contributed by atoms with van der Waals surface area (Å²) in [5.41, 5.74) is 3.11. The van der Waals surface area contributed by atoms with Crippen molar-refractivity contribution in [3.63, 3.8) is 0 Å². The van der Waals surface area contributed by atoms with Gasteiger partial charge in [0.25, 0.3) is 0 Å². The van der Waals surface area contributed by atoms with Gasteiger partial charge < -0.3 is 20.1 Å². The van der Waals surface area contributed by atoms with Crippen molar-refractivity contribution in [1.82, 2.24) is 10.6 Å². The van der Waals surface area contributed by atoms with Crippen LogP contribution in [-0.4, -0.2) is 32.4 Å². The Morgan fingerprint density at radius 3 is 3.09 bits per heavy atom. The number of rotatable bonds is 6. The second-order valence-corrected chi connectivity index (χ2v) is 5.59. The average molecular weight is 304 g/mol. The molecule has 0 bridgehead atoms. The molecule has 1 atom stereocenters. The van der Waals surface area contributed by atoms with Crippen molar-refractivity contribution in [3.8, 4) is 5.75 Å². The van der Waals surface area contributed by atoms with E-state index in [0.29, 0.717) is 26.4 Å². The summed E-state index contributed by atoms with van der Waals surface area (Å²) < 4.78 is 11.0. The summed E-state index contributed by atoms with van der Waals surface area (Å²) in [5.74, 6) is 0.892. The maximum Gasteiger partial charge on any atom is 0.315 e. The Balaban J connectivity index is 1.81. The van der Waals surface area contributed by atoms with Crippen LogP contribution in [0.3, 0.4) is 0 Å². The number of nitrogens with one attached hydrogen (secondary N) is 2. The molecule has 0 aliphatic carbocycles. The van der Waals surface area contributed by atoms with Crippen molar-refractivity contribution in [1.29, 1.82) is 0 Å². The molecule has 0 aromatic heterocycles. The van der Waals surface area contributed by atoms with E-state index in [4.69, 9.17) is 9.47 Å². The second kappa shape index (κ2) is 7.84. The number of para-hydroxylation sites is 1. The van der Waals surface area contributed by atoms with Crippen LogP contribution in [0.4, 0.5) is 4.79 Å². The van der Waals surface area contributed by atoms with Crippen LogP contribution in [0.15, 0.2) is 30.4 Å². The smallest absolute Gasteiger partial charge is 0.315 e. The molecule has 5 heteroatoms. The lowest BCUT2D eigenvalue weighted by Gasteiger charge is -2.27. The third kappa shape index (κ3) is 4.49. The lowest BCUT2D eigenvalue weighted by molar-refractivity contribution is 0.157. The number of benzene rings is 1. The highest BCUT2D eigenvalue weighted by atomic mass is 16.5. The minimum atomic E-state index is -0.182. The van der Waals surface area contributed by atoms with E-state index in [9.17, 15) is 4.79 Å². The van der Waals surface area contributed by atoms with E-state index in [-0.39, 0.29) is 12.1 Å². The highest BCUT2D eigenvalue weighted by Crippen LogP contribution is 2.34. The van der Waals surface area contributed by atoms with E-state index in [1.54, 1.807) is 0 Å². The van der Waals surface area contributed by atoms with Gasteiger partial charge in [0.2, 0.25) is 0 Å². The molecule has 1 aliphatic heterocycles. The summed E-state index contributed by atoms with van der Waals surface area (Å²) >= 11 is 0. The molecule has 0 unspecified atom stereocenters. The number of carbonyl (C=O) groups is 1. The number of hydrogen-bond donors (Lipinski definition) is 2. The summed E-state index contributed by atoms with van der Waals surface area (Å²) in [5, 5.41) is 5.80. The molecule has 1 aromatic carbocycles. The van der Waals surface area contributed by atoms with Crippen LogP contribution >= 0.6 is 0 Å². The van der Waals surface area contributed by atoms with E-state index in [1.807, 2.05) is 32.0 Å². The molecule has 0 fully saturated rings. The van der Waals surface area contributed by atoms with Gasteiger partial charge in [0.1, 0.15) is 5.75 Å². The standard InChI is InChI=1S/C17H24N2O3/c1-12(2)11-21-10-8-18-17(20)19-15-7-9-22-16-13(3)5-4-6-14(15)16/h4-6,15H,1,7-11H2,2-3H3,(H2,18,19,20)/t15-/m1/s1. The van der Waals surface area contributed by atoms with E-state index < -0.39 is 0 Å². The van der Waals surface area contributed by atoms with Gasteiger partial charge in [-0.2, -0.15) is 0 Å². The van der Waals surface area contributed by atoms with Gasteiger partial charge in [-0.25, -0.2) is 4.79 Å². The van der Waals surface area contributed by atoms with Gasteiger partial charge in [0, 0.05) is 18.5 Å². The minimum absolute atomic E-state index is 0.0139. The fraction of sp³-hybridized carbons (Fsp3) is 0.471. The Hall–Kier alpha value is -2.01. The topological polar surface area (TPSA) is 59.6 Å². The molecule has 2 amide bonds. The predicted octanol–water partition coefficient (Wildman–Crippen LogP) is 2.71. The Morgan fingerprint density at radius 2 is 2.32 bits per heavy atom. The SMILES string of the molecule is C=C(C)COCCNC(=O)N[C@@H]1CCOc2c(C)cccc21. The van der Waals surface area contributed by atoms with E-state index >= 15 is 0 Å². The van der Waals surface area contributed by atoms with E-state index in [0.717, 1.165) is 28.9 Å². The first-order chi connectivity index (χ1) is 10.6. The number of urea groups is 1. The molecule has 5 nitrogen and oxygen atoms in total. The molecular weight excluding hydrogens is 280 g/mol. The molecule has 120 valence electrons. The zero-order valence-electron chi connectivity index (χ0n) is 13.3. The first-order valence-corrected chi connectivity index (χ1v) is 7.56. The van der Waals surface area contributed by atoms with Gasteiger partial charge >= 0.3 is 6.03 Å². The maximum atomic E-state index is 12.0. The second-order valence-electron chi connectivity index (χ2n) is 5.59. The maximum absolute atomic E-state index is 12.0. The number of amides is 2. The Labute approximate surface area is 131 Å². The number of aryl methyl sites for hydroxylation is 1. The van der Waals surface area contributed by atoms with Gasteiger partial charge in [-0.15, -0.1) is 0 Å². The van der Waals surface area contributed by atoms with Crippen LogP contribution < -0.4 is 15.4 Å². The summed E-state index contributed by atoms with van der Waals surface area (Å²) in [4.78, 5) is 12.0. The molecule has 0 radical (unpaired) electrons. The summed E-state index contributed by atoms with van der Waals surface area (Å²) in [6.07, 6.45) is 0.774.